The zero-order chi connectivity index (χ0) is 19.0. The van der Waals surface area contributed by atoms with Crippen LogP contribution in [-0.2, 0) is 29.8 Å². The topological polar surface area (TPSA) is 86.0 Å². The highest BCUT2D eigenvalue weighted by atomic mass is 35.5. The molecule has 0 bridgehead atoms. The molecular weight excluding hydrogens is 385 g/mol. The van der Waals surface area contributed by atoms with Crippen molar-refractivity contribution in [1.82, 2.24) is 19.1 Å². The number of nitrogens with one attached hydrogen (secondary N) is 1. The molecule has 0 saturated carbocycles. The average Bonchev–Trinajstić information content (AvgIpc) is 2.78. The maximum Gasteiger partial charge on any atom is 0.451 e. The number of hydrogen-bond acceptors (Lipinski definition) is 4. The van der Waals surface area contributed by atoms with Gasteiger partial charge in [0.05, 0.1) is 11.4 Å². The quantitative estimate of drug-likeness (QED) is 0.827. The zero-order valence-electron chi connectivity index (χ0n) is 13.1. The van der Waals surface area contributed by atoms with Gasteiger partial charge in [0.1, 0.15) is 0 Å². The standard InChI is InChI=1S/C13H14ClF3N4O3S/c1-8-3-4-9(14)7-10(8)25(23,24)18-5-6-21-12(22)20(2)11(19-21)13(15,16)17/h3-4,7,18H,5-6H2,1-2H3. The lowest BCUT2D eigenvalue weighted by Crippen LogP contribution is -2.32. The number of alkyl halides is 3. The molecule has 1 heterocycles. The number of aryl methyl sites for hydroxylation is 1. The van der Waals surface area contributed by atoms with Crippen molar-refractivity contribution < 1.29 is 21.6 Å². The van der Waals surface area contributed by atoms with Crippen molar-refractivity contribution >= 4 is 21.6 Å². The van der Waals surface area contributed by atoms with E-state index in [9.17, 15) is 26.4 Å². The van der Waals surface area contributed by atoms with E-state index < -0.39 is 27.7 Å². The van der Waals surface area contributed by atoms with Gasteiger partial charge in [0.15, 0.2) is 0 Å². The number of rotatable bonds is 5. The molecule has 0 aliphatic heterocycles. The Morgan fingerprint density at radius 2 is 1.96 bits per heavy atom. The summed E-state index contributed by atoms with van der Waals surface area (Å²) in [6.07, 6.45) is -4.78. The first-order valence-corrected chi connectivity index (χ1v) is 8.76. The Morgan fingerprint density at radius 3 is 2.52 bits per heavy atom. The number of sulfonamides is 1. The van der Waals surface area contributed by atoms with Crippen LogP contribution in [0.1, 0.15) is 11.4 Å². The number of benzene rings is 1. The molecule has 0 atom stereocenters. The number of nitrogens with zero attached hydrogens (tertiary/aromatic N) is 3. The summed E-state index contributed by atoms with van der Waals surface area (Å²) in [7, 11) is -3.00. The highest BCUT2D eigenvalue weighted by Gasteiger charge is 2.37. The van der Waals surface area contributed by atoms with Crippen molar-refractivity contribution in [2.24, 2.45) is 7.05 Å². The van der Waals surface area contributed by atoms with Gasteiger partial charge >= 0.3 is 11.9 Å². The van der Waals surface area contributed by atoms with Gasteiger partial charge in [-0.05, 0) is 24.6 Å². The van der Waals surface area contributed by atoms with Crippen LogP contribution in [0.15, 0.2) is 27.9 Å². The molecule has 25 heavy (non-hydrogen) atoms. The highest BCUT2D eigenvalue weighted by molar-refractivity contribution is 7.89. The van der Waals surface area contributed by atoms with Crippen molar-refractivity contribution in [2.45, 2.75) is 24.5 Å². The third-order valence-electron chi connectivity index (χ3n) is 3.35. The molecule has 2 aromatic rings. The Bertz CT molecular complexity index is 950. The lowest BCUT2D eigenvalue weighted by molar-refractivity contribution is -0.147. The van der Waals surface area contributed by atoms with Gasteiger partial charge in [0.2, 0.25) is 15.8 Å². The molecule has 1 aromatic carbocycles. The summed E-state index contributed by atoms with van der Waals surface area (Å²) < 4.78 is 65.7. The van der Waals surface area contributed by atoms with Gasteiger partial charge in [-0.2, -0.15) is 13.2 Å². The summed E-state index contributed by atoms with van der Waals surface area (Å²) in [6, 6.07) is 4.31. The van der Waals surface area contributed by atoms with Crippen molar-refractivity contribution in [2.75, 3.05) is 6.54 Å². The Labute approximate surface area is 146 Å². The van der Waals surface area contributed by atoms with E-state index >= 15 is 0 Å². The molecule has 0 unspecified atom stereocenters. The summed E-state index contributed by atoms with van der Waals surface area (Å²) in [5, 5.41) is 3.41. The maximum atomic E-state index is 12.7. The summed E-state index contributed by atoms with van der Waals surface area (Å²) in [6.45, 7) is 0.897. The van der Waals surface area contributed by atoms with Crippen LogP contribution in [0, 0.1) is 6.92 Å². The Kier molecular flexibility index (Phi) is 5.30. The number of aromatic nitrogens is 3. The van der Waals surface area contributed by atoms with E-state index in [0.29, 0.717) is 14.8 Å². The van der Waals surface area contributed by atoms with Crippen molar-refractivity contribution in [1.29, 1.82) is 0 Å². The largest absolute Gasteiger partial charge is 0.451 e. The van der Waals surface area contributed by atoms with Gasteiger partial charge in [-0.15, -0.1) is 5.10 Å². The summed E-state index contributed by atoms with van der Waals surface area (Å²) in [5.74, 6) is -1.36. The van der Waals surface area contributed by atoms with Crippen LogP contribution < -0.4 is 10.4 Å². The van der Waals surface area contributed by atoms with Crippen LogP contribution in [0.25, 0.3) is 0 Å². The SMILES string of the molecule is Cc1ccc(Cl)cc1S(=O)(=O)NCCn1nc(C(F)(F)F)n(C)c1=O. The first kappa shape index (κ1) is 19.5. The van der Waals surface area contributed by atoms with E-state index in [4.69, 9.17) is 11.6 Å². The molecule has 12 heteroatoms. The van der Waals surface area contributed by atoms with Gasteiger partial charge in [-0.3, -0.25) is 4.57 Å². The Morgan fingerprint density at radius 1 is 1.32 bits per heavy atom. The summed E-state index contributed by atoms with van der Waals surface area (Å²) >= 11 is 5.78. The molecule has 0 aliphatic carbocycles. The Hall–Kier alpha value is -1.85. The lowest BCUT2D eigenvalue weighted by Gasteiger charge is -2.09. The summed E-state index contributed by atoms with van der Waals surface area (Å²) in [5.41, 5.74) is -0.545. The summed E-state index contributed by atoms with van der Waals surface area (Å²) in [4.78, 5) is 11.7. The van der Waals surface area contributed by atoms with Crippen molar-refractivity contribution in [3.8, 4) is 0 Å². The number of hydrogen-bond donors (Lipinski definition) is 1. The molecular formula is C13H14ClF3N4O3S. The normalized spacial score (nSPS) is 12.6. The van der Waals surface area contributed by atoms with E-state index in [0.717, 1.165) is 7.05 Å². The monoisotopic (exact) mass is 398 g/mol. The fraction of sp³-hybridized carbons (Fsp3) is 0.385. The van der Waals surface area contributed by atoms with Gasteiger partial charge < -0.3 is 0 Å². The highest BCUT2D eigenvalue weighted by Crippen LogP contribution is 2.26. The van der Waals surface area contributed by atoms with Crippen molar-refractivity contribution in [3.63, 3.8) is 0 Å². The molecule has 2 rings (SSSR count). The minimum Gasteiger partial charge on any atom is -0.274 e. The van der Waals surface area contributed by atoms with Gasteiger partial charge in [0.25, 0.3) is 0 Å². The molecule has 138 valence electrons. The lowest BCUT2D eigenvalue weighted by atomic mass is 10.2. The second-order valence-electron chi connectivity index (χ2n) is 5.19. The predicted molar refractivity (Wildman–Crippen MR) is 83.8 cm³/mol. The molecule has 7 nitrogen and oxygen atoms in total. The molecule has 1 aromatic heterocycles. The molecule has 0 fully saturated rings. The molecule has 0 radical (unpaired) electrons. The second-order valence-corrected chi connectivity index (χ2v) is 7.37. The van der Waals surface area contributed by atoms with E-state index in [1.807, 2.05) is 0 Å². The fourth-order valence-electron chi connectivity index (χ4n) is 2.11. The van der Waals surface area contributed by atoms with E-state index in [1.54, 1.807) is 6.92 Å². The van der Waals surface area contributed by atoms with Gasteiger partial charge in [-0.25, -0.2) is 22.6 Å². The zero-order valence-corrected chi connectivity index (χ0v) is 14.7. The van der Waals surface area contributed by atoms with E-state index in [-0.39, 0.29) is 23.0 Å². The first-order valence-electron chi connectivity index (χ1n) is 6.90. The molecule has 0 spiro atoms. The average molecular weight is 399 g/mol. The fourth-order valence-corrected chi connectivity index (χ4v) is 3.63. The van der Waals surface area contributed by atoms with Gasteiger partial charge in [0, 0.05) is 18.6 Å². The Balaban J connectivity index is 2.16. The molecule has 1 N–H and O–H groups in total. The third kappa shape index (κ3) is 4.22. The smallest absolute Gasteiger partial charge is 0.274 e. The second kappa shape index (κ2) is 6.81. The minimum absolute atomic E-state index is 0.0515. The minimum atomic E-state index is -4.78. The van der Waals surface area contributed by atoms with E-state index in [1.165, 1.54) is 18.2 Å². The van der Waals surface area contributed by atoms with Crippen LogP contribution in [0.2, 0.25) is 5.02 Å². The van der Waals surface area contributed by atoms with Crippen LogP contribution in [0.5, 0.6) is 0 Å². The van der Waals surface area contributed by atoms with Crippen molar-refractivity contribution in [3.05, 3.63) is 45.1 Å². The van der Waals surface area contributed by atoms with Crippen LogP contribution in [0.4, 0.5) is 13.2 Å². The third-order valence-corrected chi connectivity index (χ3v) is 5.19. The van der Waals surface area contributed by atoms with E-state index in [2.05, 4.69) is 9.82 Å². The molecule has 0 amide bonds. The maximum absolute atomic E-state index is 12.7. The van der Waals surface area contributed by atoms with Crippen LogP contribution in [-0.4, -0.2) is 29.3 Å². The first-order chi connectivity index (χ1) is 11.4. The number of halogens is 4. The van der Waals surface area contributed by atoms with Crippen LogP contribution >= 0.6 is 11.6 Å². The molecule has 0 saturated heterocycles. The molecule has 0 aliphatic rings. The van der Waals surface area contributed by atoms with Crippen LogP contribution in [0.3, 0.4) is 0 Å². The van der Waals surface area contributed by atoms with Gasteiger partial charge in [-0.1, -0.05) is 17.7 Å². The predicted octanol–water partition coefficient (Wildman–Crippen LogP) is 1.54.